The van der Waals surface area contributed by atoms with Gasteiger partial charge in [-0.3, -0.25) is 4.79 Å². The summed E-state index contributed by atoms with van der Waals surface area (Å²) in [6.07, 6.45) is 5.89. The third-order valence-corrected chi connectivity index (χ3v) is 3.18. The lowest BCUT2D eigenvalue weighted by atomic mass is 10.2. The minimum Gasteiger partial charge on any atom is -0.480 e. The Morgan fingerprint density at radius 1 is 1.31 bits per heavy atom. The van der Waals surface area contributed by atoms with Gasteiger partial charge in [-0.2, -0.15) is 0 Å². The van der Waals surface area contributed by atoms with Crippen LogP contribution in [0.2, 0.25) is 0 Å². The molecular formula is C12H24N2O2. The molecule has 0 aromatic carbocycles. The van der Waals surface area contributed by atoms with Crippen molar-refractivity contribution in [2.24, 2.45) is 0 Å². The number of hydrogen-bond donors (Lipinski definition) is 2. The van der Waals surface area contributed by atoms with E-state index in [1.54, 1.807) is 0 Å². The number of likely N-dealkylation sites (N-methyl/N-ethyl adjacent to an activating group) is 1. The Kier molecular flexibility index (Phi) is 6.42. The fraction of sp³-hybridized carbons (Fsp3) is 0.917. The van der Waals surface area contributed by atoms with Crippen LogP contribution < -0.4 is 5.32 Å². The summed E-state index contributed by atoms with van der Waals surface area (Å²) in [5.74, 6) is -0.725. The van der Waals surface area contributed by atoms with Crippen molar-refractivity contribution in [3.8, 4) is 0 Å². The highest BCUT2D eigenvalue weighted by Crippen LogP contribution is 2.10. The molecule has 1 aliphatic rings. The molecule has 0 saturated carbocycles. The quantitative estimate of drug-likeness (QED) is 0.720. The number of carboxylic acids is 1. The Bertz CT molecular complexity index is 201. The molecule has 0 aromatic rings. The van der Waals surface area contributed by atoms with Gasteiger partial charge in [-0.1, -0.05) is 19.8 Å². The maximum atomic E-state index is 10.9. The van der Waals surface area contributed by atoms with E-state index >= 15 is 0 Å². The van der Waals surface area contributed by atoms with Crippen molar-refractivity contribution >= 4 is 5.97 Å². The summed E-state index contributed by atoms with van der Waals surface area (Å²) in [6, 6.07) is -0.381. The average molecular weight is 228 g/mol. The van der Waals surface area contributed by atoms with Crippen LogP contribution in [-0.2, 0) is 4.79 Å². The summed E-state index contributed by atoms with van der Waals surface area (Å²) in [5, 5.41) is 12.0. The van der Waals surface area contributed by atoms with Gasteiger partial charge in [0.05, 0.1) is 0 Å². The largest absolute Gasteiger partial charge is 0.480 e. The van der Waals surface area contributed by atoms with E-state index in [9.17, 15) is 4.79 Å². The maximum Gasteiger partial charge on any atom is 0.320 e. The number of rotatable bonds is 6. The zero-order valence-corrected chi connectivity index (χ0v) is 10.2. The number of aliphatic carboxylic acids is 1. The fourth-order valence-corrected chi connectivity index (χ4v) is 2.23. The van der Waals surface area contributed by atoms with Crippen molar-refractivity contribution in [1.29, 1.82) is 0 Å². The van der Waals surface area contributed by atoms with E-state index in [0.717, 1.165) is 26.2 Å². The molecule has 1 heterocycles. The second-order valence-corrected chi connectivity index (χ2v) is 4.49. The normalized spacial score (nSPS) is 20.3. The van der Waals surface area contributed by atoms with Gasteiger partial charge in [-0.15, -0.1) is 0 Å². The van der Waals surface area contributed by atoms with Gasteiger partial charge >= 0.3 is 5.97 Å². The summed E-state index contributed by atoms with van der Waals surface area (Å²) in [4.78, 5) is 13.4. The van der Waals surface area contributed by atoms with Gasteiger partial charge in [-0.25, -0.2) is 0 Å². The SMILES string of the molecule is CCNC(CCN1CCCCCC1)C(=O)O. The monoisotopic (exact) mass is 228 g/mol. The number of nitrogens with zero attached hydrogens (tertiary/aromatic N) is 1. The number of carboxylic acid groups (broad SMARTS) is 1. The van der Waals surface area contributed by atoms with Gasteiger partial charge in [0.2, 0.25) is 0 Å². The number of nitrogens with one attached hydrogen (secondary N) is 1. The molecule has 1 saturated heterocycles. The first-order chi connectivity index (χ1) is 7.74. The molecule has 4 heteroatoms. The van der Waals surface area contributed by atoms with Crippen LogP contribution in [0.1, 0.15) is 39.0 Å². The minimum atomic E-state index is -0.725. The van der Waals surface area contributed by atoms with E-state index in [1.165, 1.54) is 25.7 Å². The number of likely N-dealkylation sites (tertiary alicyclic amines) is 1. The highest BCUT2D eigenvalue weighted by atomic mass is 16.4. The zero-order chi connectivity index (χ0) is 11.8. The third kappa shape index (κ3) is 4.94. The van der Waals surface area contributed by atoms with Gasteiger partial charge in [0.1, 0.15) is 6.04 Å². The molecule has 0 amide bonds. The lowest BCUT2D eigenvalue weighted by molar-refractivity contribution is -0.139. The van der Waals surface area contributed by atoms with E-state index in [4.69, 9.17) is 5.11 Å². The molecule has 2 N–H and O–H groups in total. The first kappa shape index (κ1) is 13.5. The van der Waals surface area contributed by atoms with Gasteiger partial charge in [0.15, 0.2) is 0 Å². The lowest BCUT2D eigenvalue weighted by Gasteiger charge is -2.22. The molecule has 1 aliphatic heterocycles. The molecule has 1 unspecified atom stereocenters. The van der Waals surface area contributed by atoms with Gasteiger partial charge in [0, 0.05) is 6.54 Å². The van der Waals surface area contributed by atoms with E-state index < -0.39 is 5.97 Å². The van der Waals surface area contributed by atoms with Crippen molar-refractivity contribution in [3.63, 3.8) is 0 Å². The highest BCUT2D eigenvalue weighted by molar-refractivity contribution is 5.73. The van der Waals surface area contributed by atoms with Gasteiger partial charge in [-0.05, 0) is 38.9 Å². The van der Waals surface area contributed by atoms with Crippen LogP contribution in [-0.4, -0.2) is 48.2 Å². The first-order valence-corrected chi connectivity index (χ1v) is 6.42. The molecule has 94 valence electrons. The van der Waals surface area contributed by atoms with Crippen LogP contribution in [0.15, 0.2) is 0 Å². The third-order valence-electron chi connectivity index (χ3n) is 3.18. The average Bonchev–Trinajstić information content (AvgIpc) is 2.52. The second kappa shape index (κ2) is 7.63. The van der Waals surface area contributed by atoms with Crippen LogP contribution in [0.5, 0.6) is 0 Å². The van der Waals surface area contributed by atoms with E-state index in [1.807, 2.05) is 6.92 Å². The maximum absolute atomic E-state index is 10.9. The summed E-state index contributed by atoms with van der Waals surface area (Å²) in [6.45, 7) is 5.85. The van der Waals surface area contributed by atoms with Gasteiger partial charge < -0.3 is 15.3 Å². The van der Waals surface area contributed by atoms with Crippen molar-refractivity contribution in [2.45, 2.75) is 45.1 Å². The molecule has 0 radical (unpaired) electrons. The van der Waals surface area contributed by atoms with Crippen LogP contribution in [0, 0.1) is 0 Å². The fourth-order valence-electron chi connectivity index (χ4n) is 2.23. The molecular weight excluding hydrogens is 204 g/mol. The topological polar surface area (TPSA) is 52.6 Å². The Hall–Kier alpha value is -0.610. The molecule has 1 fully saturated rings. The molecule has 0 aliphatic carbocycles. The van der Waals surface area contributed by atoms with E-state index in [2.05, 4.69) is 10.2 Å². The molecule has 0 bridgehead atoms. The summed E-state index contributed by atoms with van der Waals surface area (Å²) in [7, 11) is 0. The lowest BCUT2D eigenvalue weighted by Crippen LogP contribution is -2.40. The van der Waals surface area contributed by atoms with Gasteiger partial charge in [0.25, 0.3) is 0 Å². The smallest absolute Gasteiger partial charge is 0.320 e. The Balaban J connectivity index is 2.26. The second-order valence-electron chi connectivity index (χ2n) is 4.49. The van der Waals surface area contributed by atoms with Crippen LogP contribution in [0.4, 0.5) is 0 Å². The number of hydrogen-bond acceptors (Lipinski definition) is 3. The van der Waals surface area contributed by atoms with Crippen molar-refractivity contribution < 1.29 is 9.90 Å². The molecule has 0 spiro atoms. The summed E-state index contributed by atoms with van der Waals surface area (Å²) in [5.41, 5.74) is 0. The van der Waals surface area contributed by atoms with Crippen molar-refractivity contribution in [1.82, 2.24) is 10.2 Å². The molecule has 1 rings (SSSR count). The van der Waals surface area contributed by atoms with Crippen LogP contribution >= 0.6 is 0 Å². The van der Waals surface area contributed by atoms with Crippen molar-refractivity contribution in [3.05, 3.63) is 0 Å². The first-order valence-electron chi connectivity index (χ1n) is 6.42. The predicted molar refractivity (Wildman–Crippen MR) is 64.6 cm³/mol. The number of carbonyl (C=O) groups is 1. The van der Waals surface area contributed by atoms with E-state index in [-0.39, 0.29) is 6.04 Å². The molecule has 0 aromatic heterocycles. The van der Waals surface area contributed by atoms with Crippen molar-refractivity contribution in [2.75, 3.05) is 26.2 Å². The van der Waals surface area contributed by atoms with Crippen LogP contribution in [0.3, 0.4) is 0 Å². The van der Waals surface area contributed by atoms with Crippen LogP contribution in [0.25, 0.3) is 0 Å². The standard InChI is InChI=1S/C12H24N2O2/c1-2-13-11(12(15)16)7-10-14-8-5-3-4-6-9-14/h11,13H,2-10H2,1H3,(H,15,16). The van der Waals surface area contributed by atoms with E-state index in [0.29, 0.717) is 6.42 Å². The molecule has 1 atom stereocenters. The Morgan fingerprint density at radius 2 is 1.94 bits per heavy atom. The predicted octanol–water partition coefficient (Wildman–Crippen LogP) is 1.32. The minimum absolute atomic E-state index is 0.381. The Labute approximate surface area is 98.0 Å². The molecule has 4 nitrogen and oxygen atoms in total. The molecule has 16 heavy (non-hydrogen) atoms. The Morgan fingerprint density at radius 3 is 2.44 bits per heavy atom. The summed E-state index contributed by atoms with van der Waals surface area (Å²) < 4.78 is 0. The highest BCUT2D eigenvalue weighted by Gasteiger charge is 2.17. The zero-order valence-electron chi connectivity index (χ0n) is 10.2. The summed E-state index contributed by atoms with van der Waals surface area (Å²) >= 11 is 0.